The van der Waals surface area contributed by atoms with Gasteiger partial charge in [0.05, 0.1) is 24.5 Å². The number of nitrogens with zero attached hydrogens (tertiary/aromatic N) is 3. The smallest absolute Gasteiger partial charge is 0.220 e. The highest BCUT2D eigenvalue weighted by Crippen LogP contribution is 2.17. The Hall–Kier alpha value is -2.54. The minimum absolute atomic E-state index is 0.0202. The van der Waals surface area contributed by atoms with Crippen LogP contribution in [0.5, 0.6) is 5.75 Å². The number of aromatic nitrogens is 3. The second kappa shape index (κ2) is 8.53. The number of pyridine rings is 1. The van der Waals surface area contributed by atoms with Crippen LogP contribution in [-0.4, -0.2) is 46.2 Å². The summed E-state index contributed by atoms with van der Waals surface area (Å²) in [7, 11) is 0. The van der Waals surface area contributed by atoms with Crippen molar-refractivity contribution in [2.45, 2.75) is 38.3 Å². The lowest BCUT2D eigenvalue weighted by atomic mass is 10.1. The molecule has 3 heterocycles. The van der Waals surface area contributed by atoms with Gasteiger partial charge in [0.2, 0.25) is 5.91 Å². The molecule has 2 aromatic heterocycles. The van der Waals surface area contributed by atoms with Gasteiger partial charge < -0.3 is 14.8 Å². The minimum atomic E-state index is -0.223. The number of amides is 1. The number of aryl methyl sites for hydroxylation is 2. The Morgan fingerprint density at radius 2 is 2.24 bits per heavy atom. The molecule has 1 aliphatic rings. The Morgan fingerprint density at radius 1 is 1.32 bits per heavy atom. The maximum Gasteiger partial charge on any atom is 0.220 e. The van der Waals surface area contributed by atoms with E-state index in [9.17, 15) is 4.79 Å². The number of carbonyl (C=O) groups is 1. The number of rotatable bonds is 6. The van der Waals surface area contributed by atoms with Gasteiger partial charge in [0.1, 0.15) is 11.9 Å². The SMILES string of the molecule is Cc1ccc(O[C@H]2COCC[C@H]2NC(=O)CCc2cnccn2)cn1. The van der Waals surface area contributed by atoms with Crippen molar-refractivity contribution in [1.82, 2.24) is 20.3 Å². The van der Waals surface area contributed by atoms with Crippen LogP contribution in [0.2, 0.25) is 0 Å². The summed E-state index contributed by atoms with van der Waals surface area (Å²) in [5.74, 6) is 0.660. The monoisotopic (exact) mass is 342 g/mol. The molecule has 0 spiro atoms. The first kappa shape index (κ1) is 17.3. The molecule has 1 N–H and O–H groups in total. The lowest BCUT2D eigenvalue weighted by molar-refractivity contribution is -0.123. The molecule has 0 aliphatic carbocycles. The molecule has 2 aromatic rings. The summed E-state index contributed by atoms with van der Waals surface area (Å²) >= 11 is 0. The van der Waals surface area contributed by atoms with Crippen molar-refractivity contribution in [1.29, 1.82) is 0 Å². The van der Waals surface area contributed by atoms with Gasteiger partial charge in [0, 0.05) is 37.3 Å². The zero-order valence-corrected chi connectivity index (χ0v) is 14.2. The summed E-state index contributed by atoms with van der Waals surface area (Å²) in [4.78, 5) is 24.7. The number of hydrogen-bond acceptors (Lipinski definition) is 6. The minimum Gasteiger partial charge on any atom is -0.484 e. The molecule has 3 rings (SSSR count). The summed E-state index contributed by atoms with van der Waals surface area (Å²) < 4.78 is 11.5. The van der Waals surface area contributed by atoms with E-state index >= 15 is 0 Å². The second-order valence-electron chi connectivity index (χ2n) is 6.03. The molecule has 0 saturated carbocycles. The summed E-state index contributed by atoms with van der Waals surface area (Å²) in [5, 5.41) is 3.06. The number of hydrogen-bond donors (Lipinski definition) is 1. The van der Waals surface area contributed by atoms with Gasteiger partial charge in [-0.05, 0) is 31.9 Å². The molecule has 0 radical (unpaired) electrons. The van der Waals surface area contributed by atoms with Crippen molar-refractivity contribution >= 4 is 5.91 Å². The van der Waals surface area contributed by atoms with Gasteiger partial charge in [-0.2, -0.15) is 0 Å². The number of nitrogens with one attached hydrogen (secondary N) is 1. The van der Waals surface area contributed by atoms with Crippen LogP contribution in [0.25, 0.3) is 0 Å². The highest BCUT2D eigenvalue weighted by Gasteiger charge is 2.29. The fourth-order valence-corrected chi connectivity index (χ4v) is 2.67. The van der Waals surface area contributed by atoms with E-state index in [-0.39, 0.29) is 18.1 Å². The van der Waals surface area contributed by atoms with E-state index in [0.29, 0.717) is 31.8 Å². The van der Waals surface area contributed by atoms with E-state index in [2.05, 4.69) is 20.3 Å². The van der Waals surface area contributed by atoms with E-state index in [0.717, 1.165) is 17.8 Å². The van der Waals surface area contributed by atoms with Gasteiger partial charge >= 0.3 is 0 Å². The third-order valence-corrected chi connectivity index (χ3v) is 4.05. The van der Waals surface area contributed by atoms with Gasteiger partial charge in [0.15, 0.2) is 0 Å². The topological polar surface area (TPSA) is 86.2 Å². The van der Waals surface area contributed by atoms with Crippen LogP contribution in [0.3, 0.4) is 0 Å². The van der Waals surface area contributed by atoms with E-state index in [1.54, 1.807) is 24.8 Å². The predicted octanol–water partition coefficient (Wildman–Crippen LogP) is 1.47. The third kappa shape index (κ3) is 5.22. The van der Waals surface area contributed by atoms with Gasteiger partial charge in [0.25, 0.3) is 0 Å². The summed E-state index contributed by atoms with van der Waals surface area (Å²) in [6.07, 6.45) is 8.05. The third-order valence-electron chi connectivity index (χ3n) is 4.05. The molecule has 1 amide bonds. The normalized spacial score (nSPS) is 20.0. The van der Waals surface area contributed by atoms with Crippen molar-refractivity contribution in [3.8, 4) is 5.75 Å². The van der Waals surface area contributed by atoms with Gasteiger partial charge in [-0.1, -0.05) is 0 Å². The summed E-state index contributed by atoms with van der Waals surface area (Å²) in [5.41, 5.74) is 1.74. The predicted molar refractivity (Wildman–Crippen MR) is 91.1 cm³/mol. The highest BCUT2D eigenvalue weighted by atomic mass is 16.5. The largest absolute Gasteiger partial charge is 0.484 e. The highest BCUT2D eigenvalue weighted by molar-refractivity contribution is 5.76. The Balaban J connectivity index is 1.53. The maximum atomic E-state index is 12.3. The van der Waals surface area contributed by atoms with E-state index in [1.807, 2.05) is 19.1 Å². The van der Waals surface area contributed by atoms with Crippen LogP contribution in [0, 0.1) is 6.92 Å². The number of ether oxygens (including phenoxy) is 2. The first-order valence-corrected chi connectivity index (χ1v) is 8.42. The van der Waals surface area contributed by atoms with Crippen molar-refractivity contribution in [2.24, 2.45) is 0 Å². The van der Waals surface area contributed by atoms with E-state index in [4.69, 9.17) is 9.47 Å². The molecule has 0 unspecified atom stereocenters. The Bertz CT molecular complexity index is 678. The summed E-state index contributed by atoms with van der Waals surface area (Å²) in [6.45, 7) is 2.98. The van der Waals surface area contributed by atoms with Gasteiger partial charge in [-0.3, -0.25) is 19.7 Å². The maximum absolute atomic E-state index is 12.3. The number of carbonyl (C=O) groups excluding carboxylic acids is 1. The molecule has 7 heteroatoms. The zero-order chi connectivity index (χ0) is 17.5. The van der Waals surface area contributed by atoms with Crippen molar-refractivity contribution < 1.29 is 14.3 Å². The molecule has 0 aromatic carbocycles. The molecular weight excluding hydrogens is 320 g/mol. The molecule has 0 bridgehead atoms. The van der Waals surface area contributed by atoms with Crippen LogP contribution in [0.1, 0.15) is 24.2 Å². The molecule has 2 atom stereocenters. The standard InChI is InChI=1S/C18H22N4O3/c1-13-2-4-15(11-21-13)25-17-12-24-9-6-16(17)22-18(23)5-3-14-10-19-7-8-20-14/h2,4,7-8,10-11,16-17H,3,5-6,9,12H2,1H3,(H,22,23)/t16-,17+/m1/s1. The Labute approximate surface area is 146 Å². The van der Waals surface area contributed by atoms with Crippen molar-refractivity contribution in [2.75, 3.05) is 13.2 Å². The Morgan fingerprint density at radius 3 is 3.00 bits per heavy atom. The first-order valence-electron chi connectivity index (χ1n) is 8.42. The lowest BCUT2D eigenvalue weighted by Crippen LogP contribution is -2.51. The second-order valence-corrected chi connectivity index (χ2v) is 6.03. The zero-order valence-electron chi connectivity index (χ0n) is 14.2. The average molecular weight is 342 g/mol. The van der Waals surface area contributed by atoms with Crippen molar-refractivity contribution in [3.05, 3.63) is 48.3 Å². The fraction of sp³-hybridized carbons (Fsp3) is 0.444. The fourth-order valence-electron chi connectivity index (χ4n) is 2.67. The molecule has 132 valence electrons. The first-order chi connectivity index (χ1) is 12.2. The van der Waals surface area contributed by atoms with Gasteiger partial charge in [-0.15, -0.1) is 0 Å². The molecule has 1 fully saturated rings. The molecule has 1 saturated heterocycles. The quantitative estimate of drug-likeness (QED) is 0.855. The molecule has 1 aliphatic heterocycles. The molecule has 7 nitrogen and oxygen atoms in total. The summed E-state index contributed by atoms with van der Waals surface area (Å²) in [6, 6.07) is 3.70. The van der Waals surface area contributed by atoms with E-state index < -0.39 is 0 Å². The molecular formula is C18H22N4O3. The lowest BCUT2D eigenvalue weighted by Gasteiger charge is -2.32. The van der Waals surface area contributed by atoms with Crippen LogP contribution in [-0.2, 0) is 16.0 Å². The van der Waals surface area contributed by atoms with Crippen LogP contribution in [0.15, 0.2) is 36.9 Å². The average Bonchev–Trinajstić information content (AvgIpc) is 2.64. The Kier molecular flexibility index (Phi) is 5.90. The van der Waals surface area contributed by atoms with Gasteiger partial charge in [-0.25, -0.2) is 0 Å². The van der Waals surface area contributed by atoms with Crippen LogP contribution in [0.4, 0.5) is 0 Å². The van der Waals surface area contributed by atoms with E-state index in [1.165, 1.54) is 0 Å². The van der Waals surface area contributed by atoms with Crippen molar-refractivity contribution in [3.63, 3.8) is 0 Å². The molecule has 25 heavy (non-hydrogen) atoms. The van der Waals surface area contributed by atoms with Crippen LogP contribution >= 0.6 is 0 Å². The van der Waals surface area contributed by atoms with Crippen LogP contribution < -0.4 is 10.1 Å².